The van der Waals surface area contributed by atoms with E-state index in [1.807, 2.05) is 37.3 Å². The Bertz CT molecular complexity index is 632. The SMILES string of the molecule is CC(c1ccccc1)N1CC(C(=O)NN2CCCCC2=O)CC1=O. The van der Waals surface area contributed by atoms with Gasteiger partial charge in [-0.2, -0.15) is 0 Å². The van der Waals surface area contributed by atoms with E-state index >= 15 is 0 Å². The Balaban J connectivity index is 1.61. The molecule has 0 saturated carbocycles. The number of carbonyl (C=O) groups is 3. The van der Waals surface area contributed by atoms with E-state index in [0.717, 1.165) is 18.4 Å². The number of benzene rings is 1. The second kappa shape index (κ2) is 7.03. The first-order chi connectivity index (χ1) is 11.6. The van der Waals surface area contributed by atoms with Gasteiger partial charge in [-0.1, -0.05) is 30.3 Å². The molecule has 0 aliphatic carbocycles. The predicted octanol–water partition coefficient (Wildman–Crippen LogP) is 1.64. The highest BCUT2D eigenvalue weighted by Gasteiger charge is 2.38. The van der Waals surface area contributed by atoms with Crippen molar-refractivity contribution >= 4 is 17.7 Å². The molecule has 6 nitrogen and oxygen atoms in total. The molecule has 1 aromatic rings. The summed E-state index contributed by atoms with van der Waals surface area (Å²) in [6, 6.07) is 9.73. The van der Waals surface area contributed by atoms with Crippen LogP contribution in [0.1, 0.15) is 44.2 Å². The van der Waals surface area contributed by atoms with Crippen LogP contribution in [-0.4, -0.2) is 40.7 Å². The Morgan fingerprint density at radius 1 is 1.17 bits per heavy atom. The third kappa shape index (κ3) is 3.42. The van der Waals surface area contributed by atoms with Crippen LogP contribution in [0.2, 0.25) is 0 Å². The van der Waals surface area contributed by atoms with Crippen molar-refractivity contribution in [3.63, 3.8) is 0 Å². The maximum Gasteiger partial charge on any atom is 0.243 e. The second-order valence-electron chi connectivity index (χ2n) is 6.51. The van der Waals surface area contributed by atoms with Crippen molar-refractivity contribution in [1.82, 2.24) is 15.3 Å². The fourth-order valence-corrected chi connectivity index (χ4v) is 3.34. The number of piperidine rings is 1. The van der Waals surface area contributed by atoms with Gasteiger partial charge in [0.1, 0.15) is 0 Å². The van der Waals surface area contributed by atoms with Gasteiger partial charge in [-0.25, -0.2) is 0 Å². The first-order valence-corrected chi connectivity index (χ1v) is 8.51. The van der Waals surface area contributed by atoms with Crippen LogP contribution < -0.4 is 5.43 Å². The lowest BCUT2D eigenvalue weighted by Gasteiger charge is -2.28. The molecule has 3 amide bonds. The summed E-state index contributed by atoms with van der Waals surface area (Å²) in [6.45, 7) is 2.92. The molecule has 2 aliphatic rings. The number of rotatable bonds is 4. The van der Waals surface area contributed by atoms with E-state index < -0.39 is 5.92 Å². The molecule has 2 fully saturated rings. The summed E-state index contributed by atoms with van der Waals surface area (Å²) in [5, 5.41) is 1.40. The fourth-order valence-electron chi connectivity index (χ4n) is 3.34. The van der Waals surface area contributed by atoms with Crippen LogP contribution in [0.25, 0.3) is 0 Å². The highest BCUT2D eigenvalue weighted by atomic mass is 16.2. The summed E-state index contributed by atoms with van der Waals surface area (Å²) in [7, 11) is 0. The number of hydrogen-bond acceptors (Lipinski definition) is 3. The van der Waals surface area contributed by atoms with Crippen molar-refractivity contribution in [1.29, 1.82) is 0 Å². The van der Waals surface area contributed by atoms with Crippen LogP contribution >= 0.6 is 0 Å². The van der Waals surface area contributed by atoms with E-state index in [1.165, 1.54) is 5.01 Å². The monoisotopic (exact) mass is 329 g/mol. The molecule has 0 spiro atoms. The normalized spacial score (nSPS) is 22.6. The van der Waals surface area contributed by atoms with Crippen molar-refractivity contribution in [3.05, 3.63) is 35.9 Å². The van der Waals surface area contributed by atoms with E-state index in [4.69, 9.17) is 0 Å². The molecule has 2 unspecified atom stereocenters. The molecule has 1 aromatic carbocycles. The number of hydrazine groups is 1. The smallest absolute Gasteiger partial charge is 0.243 e. The summed E-state index contributed by atoms with van der Waals surface area (Å²) < 4.78 is 0. The lowest BCUT2D eigenvalue weighted by Crippen LogP contribution is -2.50. The predicted molar refractivity (Wildman–Crippen MR) is 88.4 cm³/mol. The molecular formula is C18H23N3O3. The molecule has 0 radical (unpaired) electrons. The van der Waals surface area contributed by atoms with Gasteiger partial charge < -0.3 is 4.90 Å². The molecule has 2 aliphatic heterocycles. The summed E-state index contributed by atoms with van der Waals surface area (Å²) in [5.74, 6) is -0.704. The number of amides is 3. The van der Waals surface area contributed by atoms with Crippen LogP contribution in [0.15, 0.2) is 30.3 Å². The number of nitrogens with zero attached hydrogens (tertiary/aromatic N) is 2. The molecule has 0 bridgehead atoms. The number of likely N-dealkylation sites (tertiary alicyclic amines) is 1. The highest BCUT2D eigenvalue weighted by Crippen LogP contribution is 2.28. The van der Waals surface area contributed by atoms with Gasteiger partial charge in [-0.15, -0.1) is 0 Å². The van der Waals surface area contributed by atoms with E-state index in [0.29, 0.717) is 19.5 Å². The first kappa shape index (κ1) is 16.5. The highest BCUT2D eigenvalue weighted by molar-refractivity contribution is 5.90. The van der Waals surface area contributed by atoms with Crippen molar-refractivity contribution in [2.24, 2.45) is 5.92 Å². The molecule has 24 heavy (non-hydrogen) atoms. The van der Waals surface area contributed by atoms with Crippen molar-refractivity contribution in [2.75, 3.05) is 13.1 Å². The van der Waals surface area contributed by atoms with Crippen LogP contribution in [0.3, 0.4) is 0 Å². The second-order valence-corrected chi connectivity index (χ2v) is 6.51. The molecule has 128 valence electrons. The number of nitrogens with one attached hydrogen (secondary N) is 1. The molecule has 6 heteroatoms. The Morgan fingerprint density at radius 2 is 1.92 bits per heavy atom. The summed E-state index contributed by atoms with van der Waals surface area (Å²) in [5.41, 5.74) is 3.75. The van der Waals surface area contributed by atoms with Crippen molar-refractivity contribution in [2.45, 2.75) is 38.6 Å². The van der Waals surface area contributed by atoms with Crippen LogP contribution in [-0.2, 0) is 14.4 Å². The zero-order valence-electron chi connectivity index (χ0n) is 13.9. The minimum atomic E-state index is -0.404. The van der Waals surface area contributed by atoms with Crippen molar-refractivity contribution < 1.29 is 14.4 Å². The third-order valence-corrected chi connectivity index (χ3v) is 4.85. The van der Waals surface area contributed by atoms with Gasteiger partial charge in [-0.3, -0.25) is 24.8 Å². The van der Waals surface area contributed by atoms with Gasteiger partial charge in [0.2, 0.25) is 17.7 Å². The van der Waals surface area contributed by atoms with Crippen LogP contribution in [0, 0.1) is 5.92 Å². The van der Waals surface area contributed by atoms with Gasteiger partial charge in [-0.05, 0) is 25.3 Å². The third-order valence-electron chi connectivity index (χ3n) is 4.85. The molecule has 1 N–H and O–H groups in total. The average Bonchev–Trinajstić information content (AvgIpc) is 2.99. The van der Waals surface area contributed by atoms with Crippen LogP contribution in [0.4, 0.5) is 0 Å². The Hall–Kier alpha value is -2.37. The summed E-state index contributed by atoms with van der Waals surface area (Å²) >= 11 is 0. The maximum absolute atomic E-state index is 12.4. The van der Waals surface area contributed by atoms with Crippen LogP contribution in [0.5, 0.6) is 0 Å². The van der Waals surface area contributed by atoms with Gasteiger partial charge in [0, 0.05) is 25.9 Å². The fraction of sp³-hybridized carbons (Fsp3) is 0.500. The zero-order valence-corrected chi connectivity index (χ0v) is 13.9. The molecule has 3 rings (SSSR count). The molecule has 2 saturated heterocycles. The molecule has 2 atom stereocenters. The number of carbonyl (C=O) groups excluding carboxylic acids is 3. The maximum atomic E-state index is 12.4. The quantitative estimate of drug-likeness (QED) is 0.913. The molecular weight excluding hydrogens is 306 g/mol. The molecule has 2 heterocycles. The van der Waals surface area contributed by atoms with E-state index in [9.17, 15) is 14.4 Å². The minimum Gasteiger partial charge on any atom is -0.335 e. The topological polar surface area (TPSA) is 69.7 Å². The van der Waals surface area contributed by atoms with E-state index in [2.05, 4.69) is 5.43 Å². The zero-order chi connectivity index (χ0) is 17.1. The van der Waals surface area contributed by atoms with E-state index in [-0.39, 0.29) is 30.2 Å². The first-order valence-electron chi connectivity index (χ1n) is 8.51. The van der Waals surface area contributed by atoms with Gasteiger partial charge in [0.05, 0.1) is 12.0 Å². The van der Waals surface area contributed by atoms with Gasteiger partial charge >= 0.3 is 0 Å². The molecule has 0 aromatic heterocycles. The standard InChI is InChI=1S/C18H23N3O3/c1-13(14-7-3-2-4-8-14)20-12-15(11-17(20)23)18(24)19-21-10-6-5-9-16(21)22/h2-4,7-8,13,15H,5-6,9-12H2,1H3,(H,19,24). The lowest BCUT2D eigenvalue weighted by atomic mass is 10.1. The summed E-state index contributed by atoms with van der Waals surface area (Å²) in [6.07, 6.45) is 2.44. The Kier molecular flexibility index (Phi) is 4.83. The largest absolute Gasteiger partial charge is 0.335 e. The van der Waals surface area contributed by atoms with Gasteiger partial charge in [0.25, 0.3) is 0 Å². The van der Waals surface area contributed by atoms with Crippen molar-refractivity contribution in [3.8, 4) is 0 Å². The van der Waals surface area contributed by atoms with E-state index in [1.54, 1.807) is 4.90 Å². The average molecular weight is 329 g/mol. The Morgan fingerprint density at radius 3 is 2.62 bits per heavy atom. The van der Waals surface area contributed by atoms with Gasteiger partial charge in [0.15, 0.2) is 0 Å². The minimum absolute atomic E-state index is 0.0172. The summed E-state index contributed by atoms with van der Waals surface area (Å²) in [4.78, 5) is 38.3. The number of hydrogen-bond donors (Lipinski definition) is 1. The lowest BCUT2D eigenvalue weighted by molar-refractivity contribution is -0.145. The Labute approximate surface area is 141 Å².